The Hall–Kier alpha value is -2.49. The quantitative estimate of drug-likeness (QED) is 0.767. The number of anilines is 1. The summed E-state index contributed by atoms with van der Waals surface area (Å²) in [5.74, 6) is 0.344. The van der Waals surface area contributed by atoms with Crippen LogP contribution in [0.15, 0.2) is 42.5 Å². The first kappa shape index (κ1) is 12.5. The Morgan fingerprint density at radius 1 is 1.00 bits per heavy atom. The van der Waals surface area contributed by atoms with Crippen LogP contribution in [0.5, 0.6) is 0 Å². The Bertz CT molecular complexity index is 784. The number of nitrogens with one attached hydrogen (secondary N) is 1. The van der Waals surface area contributed by atoms with Gasteiger partial charge in [-0.3, -0.25) is 0 Å². The van der Waals surface area contributed by atoms with Gasteiger partial charge in [0.05, 0.1) is 5.69 Å². The van der Waals surface area contributed by atoms with Crippen molar-refractivity contribution in [3.8, 4) is 11.4 Å². The van der Waals surface area contributed by atoms with E-state index in [9.17, 15) is 4.39 Å². The van der Waals surface area contributed by atoms with E-state index in [4.69, 9.17) is 0 Å². The van der Waals surface area contributed by atoms with Crippen LogP contribution in [-0.4, -0.2) is 17.0 Å². The number of benzene rings is 2. The second-order valence-corrected chi connectivity index (χ2v) is 4.61. The topological polar surface area (TPSA) is 37.8 Å². The summed E-state index contributed by atoms with van der Waals surface area (Å²) in [5.41, 5.74) is 1.22. The molecule has 0 saturated carbocycles. The van der Waals surface area contributed by atoms with E-state index in [2.05, 4.69) is 21.4 Å². The molecule has 0 saturated heterocycles. The normalized spacial score (nSPS) is 10.8. The first-order chi connectivity index (χ1) is 9.69. The summed E-state index contributed by atoms with van der Waals surface area (Å²) in [5, 5.41) is 5.03. The van der Waals surface area contributed by atoms with Crippen molar-refractivity contribution >= 4 is 16.6 Å². The maximum Gasteiger partial charge on any atom is 0.186 e. The molecule has 0 bridgehead atoms. The van der Waals surface area contributed by atoms with Crippen molar-refractivity contribution < 1.29 is 4.39 Å². The van der Waals surface area contributed by atoms with Crippen molar-refractivity contribution in [2.75, 3.05) is 12.4 Å². The Morgan fingerprint density at radius 3 is 2.50 bits per heavy atom. The molecule has 3 rings (SSSR count). The highest BCUT2D eigenvalue weighted by atomic mass is 19.1. The zero-order chi connectivity index (χ0) is 14.1. The minimum Gasteiger partial charge on any atom is -0.371 e. The number of fused-ring (bicyclic) bond motifs is 1. The monoisotopic (exact) mass is 267 g/mol. The van der Waals surface area contributed by atoms with Gasteiger partial charge in [-0.2, -0.15) is 0 Å². The van der Waals surface area contributed by atoms with Gasteiger partial charge in [-0.15, -0.1) is 0 Å². The summed E-state index contributed by atoms with van der Waals surface area (Å²) in [7, 11) is 1.65. The van der Waals surface area contributed by atoms with Crippen molar-refractivity contribution in [1.82, 2.24) is 9.97 Å². The summed E-state index contributed by atoms with van der Waals surface area (Å²) >= 11 is 0. The molecule has 2 aromatic carbocycles. The molecule has 100 valence electrons. The first-order valence-corrected chi connectivity index (χ1v) is 6.40. The molecule has 0 aliphatic carbocycles. The Morgan fingerprint density at radius 2 is 1.75 bits per heavy atom. The van der Waals surface area contributed by atoms with E-state index in [1.165, 1.54) is 0 Å². The van der Waals surface area contributed by atoms with E-state index in [0.717, 1.165) is 16.3 Å². The predicted molar refractivity (Wildman–Crippen MR) is 79.2 cm³/mol. The summed E-state index contributed by atoms with van der Waals surface area (Å²) in [4.78, 5) is 8.46. The number of hydrogen-bond donors (Lipinski definition) is 1. The van der Waals surface area contributed by atoms with Crippen LogP contribution in [0.25, 0.3) is 22.2 Å². The molecule has 20 heavy (non-hydrogen) atoms. The van der Waals surface area contributed by atoms with Crippen molar-refractivity contribution in [2.24, 2.45) is 0 Å². The van der Waals surface area contributed by atoms with E-state index in [1.807, 2.05) is 36.4 Å². The van der Waals surface area contributed by atoms with Gasteiger partial charge in [-0.05, 0) is 23.8 Å². The lowest BCUT2D eigenvalue weighted by atomic mass is 10.1. The average molecular weight is 267 g/mol. The van der Waals surface area contributed by atoms with E-state index in [-0.39, 0.29) is 5.82 Å². The molecule has 3 nitrogen and oxygen atoms in total. The summed E-state index contributed by atoms with van der Waals surface area (Å²) in [6.07, 6.45) is 0. The molecule has 3 aromatic rings. The number of rotatable bonds is 2. The lowest BCUT2D eigenvalue weighted by Crippen LogP contribution is -2.03. The van der Waals surface area contributed by atoms with Crippen LogP contribution in [0, 0.1) is 12.7 Å². The third kappa shape index (κ3) is 2.09. The molecule has 1 N–H and O–H groups in total. The summed E-state index contributed by atoms with van der Waals surface area (Å²) in [6.45, 7) is 1.64. The predicted octanol–water partition coefficient (Wildman–Crippen LogP) is 3.79. The SMILES string of the molecule is CNc1nc(-c2ccc3ccccc3c2)nc(C)c1F. The highest BCUT2D eigenvalue weighted by Gasteiger charge is 2.11. The van der Waals surface area contributed by atoms with Gasteiger partial charge in [0, 0.05) is 12.6 Å². The fourth-order valence-electron chi connectivity index (χ4n) is 2.18. The van der Waals surface area contributed by atoms with Gasteiger partial charge in [0.2, 0.25) is 0 Å². The van der Waals surface area contributed by atoms with Gasteiger partial charge >= 0.3 is 0 Å². The van der Waals surface area contributed by atoms with Crippen LogP contribution in [0.2, 0.25) is 0 Å². The zero-order valence-electron chi connectivity index (χ0n) is 11.3. The molecule has 0 fully saturated rings. The molecule has 0 aliphatic heterocycles. The van der Waals surface area contributed by atoms with E-state index >= 15 is 0 Å². The molecule has 0 aliphatic rings. The molecule has 0 spiro atoms. The second-order valence-electron chi connectivity index (χ2n) is 4.61. The number of aromatic nitrogens is 2. The lowest BCUT2D eigenvalue weighted by molar-refractivity contribution is 0.607. The lowest BCUT2D eigenvalue weighted by Gasteiger charge is -2.08. The van der Waals surface area contributed by atoms with Gasteiger partial charge in [-0.1, -0.05) is 36.4 Å². The van der Waals surface area contributed by atoms with Gasteiger partial charge in [0.25, 0.3) is 0 Å². The molecule has 4 heteroatoms. The summed E-state index contributed by atoms with van der Waals surface area (Å²) < 4.78 is 13.8. The maximum atomic E-state index is 13.8. The Kier molecular flexibility index (Phi) is 3.06. The molecule has 1 aromatic heterocycles. The number of aryl methyl sites for hydroxylation is 1. The molecule has 0 unspecified atom stereocenters. The maximum absolute atomic E-state index is 13.8. The third-order valence-corrected chi connectivity index (χ3v) is 3.26. The summed E-state index contributed by atoms with van der Waals surface area (Å²) in [6, 6.07) is 14.1. The molecule has 0 atom stereocenters. The molecule has 0 amide bonds. The van der Waals surface area contributed by atoms with E-state index < -0.39 is 5.82 Å². The van der Waals surface area contributed by atoms with Gasteiger partial charge in [0.15, 0.2) is 17.5 Å². The Labute approximate surface area is 116 Å². The first-order valence-electron chi connectivity index (χ1n) is 6.40. The van der Waals surface area contributed by atoms with Crippen molar-refractivity contribution in [3.63, 3.8) is 0 Å². The van der Waals surface area contributed by atoms with Crippen LogP contribution in [-0.2, 0) is 0 Å². The van der Waals surface area contributed by atoms with Gasteiger partial charge < -0.3 is 5.32 Å². The van der Waals surface area contributed by atoms with Crippen LogP contribution < -0.4 is 5.32 Å². The number of nitrogens with zero attached hydrogens (tertiary/aromatic N) is 2. The fraction of sp³-hybridized carbons (Fsp3) is 0.125. The van der Waals surface area contributed by atoms with Crippen molar-refractivity contribution in [3.05, 3.63) is 54.0 Å². The third-order valence-electron chi connectivity index (χ3n) is 3.26. The smallest absolute Gasteiger partial charge is 0.186 e. The van der Waals surface area contributed by atoms with Crippen LogP contribution in [0.3, 0.4) is 0 Å². The van der Waals surface area contributed by atoms with E-state index in [0.29, 0.717) is 11.5 Å². The van der Waals surface area contributed by atoms with Crippen molar-refractivity contribution in [1.29, 1.82) is 0 Å². The Balaban J connectivity index is 2.17. The zero-order valence-corrected chi connectivity index (χ0v) is 11.3. The number of hydrogen-bond acceptors (Lipinski definition) is 3. The average Bonchev–Trinajstić information content (AvgIpc) is 2.49. The minimum absolute atomic E-state index is 0.223. The highest BCUT2D eigenvalue weighted by molar-refractivity contribution is 5.86. The molecular formula is C16H14FN3. The van der Waals surface area contributed by atoms with Crippen molar-refractivity contribution in [2.45, 2.75) is 6.92 Å². The van der Waals surface area contributed by atoms with Gasteiger partial charge in [0.1, 0.15) is 0 Å². The van der Waals surface area contributed by atoms with Crippen LogP contribution >= 0.6 is 0 Å². The number of halogens is 1. The van der Waals surface area contributed by atoms with Gasteiger partial charge in [-0.25, -0.2) is 14.4 Å². The fourth-order valence-corrected chi connectivity index (χ4v) is 2.18. The molecule has 0 radical (unpaired) electrons. The molecule has 1 heterocycles. The standard InChI is InChI=1S/C16H14FN3/c1-10-14(17)16(18-2)20-15(19-10)13-8-7-11-5-3-4-6-12(11)9-13/h3-9H,1-2H3,(H,18,19,20). The minimum atomic E-state index is -0.406. The van der Waals surface area contributed by atoms with E-state index in [1.54, 1.807) is 14.0 Å². The van der Waals surface area contributed by atoms with Crippen LogP contribution in [0.4, 0.5) is 10.2 Å². The second kappa shape index (κ2) is 4.89. The highest BCUT2D eigenvalue weighted by Crippen LogP contribution is 2.24. The van der Waals surface area contributed by atoms with Crippen LogP contribution in [0.1, 0.15) is 5.69 Å². The molecular weight excluding hydrogens is 253 g/mol. The largest absolute Gasteiger partial charge is 0.371 e.